The molecule has 0 saturated carbocycles. The highest BCUT2D eigenvalue weighted by molar-refractivity contribution is 6.08. The molecular weight excluding hydrogens is 392 g/mol. The Bertz CT molecular complexity index is 1160. The quantitative estimate of drug-likeness (QED) is 0.648. The predicted octanol–water partition coefficient (Wildman–Crippen LogP) is 5.03. The Morgan fingerprint density at radius 3 is 2.45 bits per heavy atom. The van der Waals surface area contributed by atoms with Crippen molar-refractivity contribution >= 4 is 23.0 Å². The zero-order chi connectivity index (χ0) is 22.0. The molecule has 6 heteroatoms. The summed E-state index contributed by atoms with van der Waals surface area (Å²) < 4.78 is 11.2. The number of fused-ring (bicyclic) bond motifs is 1. The number of para-hydroxylation sites is 4. The molecule has 1 unspecified atom stereocenters. The van der Waals surface area contributed by atoms with E-state index in [1.807, 2.05) is 54.6 Å². The molecule has 1 heterocycles. The van der Waals surface area contributed by atoms with Gasteiger partial charge in [-0.05, 0) is 30.3 Å². The van der Waals surface area contributed by atoms with Gasteiger partial charge in [-0.1, -0.05) is 36.4 Å². The zero-order valence-electron chi connectivity index (χ0n) is 17.7. The summed E-state index contributed by atoms with van der Waals surface area (Å²) in [6.07, 6.45) is 0.384. The molecule has 1 N–H and O–H groups in total. The fourth-order valence-electron chi connectivity index (χ4n) is 4.10. The van der Waals surface area contributed by atoms with Crippen molar-refractivity contribution in [1.82, 2.24) is 0 Å². The molecule has 0 bridgehead atoms. The largest absolute Gasteiger partial charge is 0.507 e. The highest BCUT2D eigenvalue weighted by Crippen LogP contribution is 2.45. The van der Waals surface area contributed by atoms with Crippen molar-refractivity contribution in [1.29, 1.82) is 0 Å². The van der Waals surface area contributed by atoms with E-state index in [2.05, 4.69) is 0 Å². The Kier molecular flexibility index (Phi) is 5.62. The fourth-order valence-corrected chi connectivity index (χ4v) is 4.10. The standard InChI is InChI=1S/C25H24N2O4/c1-16(28)27-21-12-6-5-11-19(21)26-20(17-9-4-7-13-23(17)29)15-22(27)18-10-8-14-24(30-2)25(18)31-3/h4-14,22,29H,15H2,1-3H3. The summed E-state index contributed by atoms with van der Waals surface area (Å²) in [5, 5.41) is 10.5. The van der Waals surface area contributed by atoms with Gasteiger partial charge in [-0.15, -0.1) is 0 Å². The molecule has 0 fully saturated rings. The summed E-state index contributed by atoms with van der Waals surface area (Å²) in [6.45, 7) is 1.54. The first-order chi connectivity index (χ1) is 15.0. The number of anilines is 1. The van der Waals surface area contributed by atoms with Gasteiger partial charge < -0.3 is 19.5 Å². The molecule has 6 nitrogen and oxygen atoms in total. The van der Waals surface area contributed by atoms with Crippen molar-refractivity contribution in [2.45, 2.75) is 19.4 Å². The van der Waals surface area contributed by atoms with Crippen LogP contribution in [0, 0.1) is 0 Å². The Morgan fingerprint density at radius 1 is 1.00 bits per heavy atom. The van der Waals surface area contributed by atoms with Crippen LogP contribution in [0.4, 0.5) is 11.4 Å². The third-order valence-corrected chi connectivity index (χ3v) is 5.44. The molecule has 1 atom stereocenters. The topological polar surface area (TPSA) is 71.4 Å². The molecule has 1 aliphatic rings. The molecule has 0 saturated heterocycles. The maximum atomic E-state index is 12.9. The van der Waals surface area contributed by atoms with Crippen LogP contribution >= 0.6 is 0 Å². The first kappa shape index (κ1) is 20.5. The average molecular weight is 416 g/mol. The SMILES string of the molecule is COc1cccc(C2CC(c3ccccc3O)=Nc3ccccc3N2C(C)=O)c1OC. The van der Waals surface area contributed by atoms with Crippen LogP contribution in [-0.2, 0) is 4.79 Å². The smallest absolute Gasteiger partial charge is 0.224 e. The molecule has 4 rings (SSSR count). The second kappa shape index (κ2) is 8.52. The molecule has 0 aliphatic carbocycles. The van der Waals surface area contributed by atoms with Gasteiger partial charge in [0.2, 0.25) is 5.91 Å². The van der Waals surface area contributed by atoms with Crippen molar-refractivity contribution < 1.29 is 19.4 Å². The fraction of sp³-hybridized carbons (Fsp3) is 0.200. The lowest BCUT2D eigenvalue weighted by molar-refractivity contribution is -0.117. The molecule has 3 aromatic carbocycles. The number of nitrogens with zero attached hydrogens (tertiary/aromatic N) is 2. The molecule has 31 heavy (non-hydrogen) atoms. The Labute approximate surface area is 181 Å². The number of aliphatic imine (C=N–C) groups is 1. The van der Waals surface area contributed by atoms with Crippen LogP contribution in [0.5, 0.6) is 17.2 Å². The van der Waals surface area contributed by atoms with Crippen LogP contribution in [0.2, 0.25) is 0 Å². The summed E-state index contributed by atoms with van der Waals surface area (Å²) in [6, 6.07) is 19.8. The molecule has 158 valence electrons. The second-order valence-corrected chi connectivity index (χ2v) is 7.26. The van der Waals surface area contributed by atoms with Gasteiger partial charge in [-0.2, -0.15) is 0 Å². The molecule has 1 amide bonds. The van der Waals surface area contributed by atoms with Crippen LogP contribution in [0.3, 0.4) is 0 Å². The number of amides is 1. The van der Waals surface area contributed by atoms with Crippen LogP contribution in [-0.4, -0.2) is 30.9 Å². The number of hydrogen-bond donors (Lipinski definition) is 1. The second-order valence-electron chi connectivity index (χ2n) is 7.26. The minimum atomic E-state index is -0.412. The molecular formula is C25H24N2O4. The van der Waals surface area contributed by atoms with Crippen molar-refractivity contribution in [2.75, 3.05) is 19.1 Å². The van der Waals surface area contributed by atoms with E-state index in [4.69, 9.17) is 14.5 Å². The average Bonchev–Trinajstić information content (AvgIpc) is 2.95. The van der Waals surface area contributed by atoms with Gasteiger partial charge in [-0.3, -0.25) is 9.79 Å². The lowest BCUT2D eigenvalue weighted by Gasteiger charge is -2.32. The highest BCUT2D eigenvalue weighted by Gasteiger charge is 2.33. The number of benzene rings is 3. The highest BCUT2D eigenvalue weighted by atomic mass is 16.5. The maximum Gasteiger partial charge on any atom is 0.224 e. The summed E-state index contributed by atoms with van der Waals surface area (Å²) in [5.41, 5.74) is 3.49. The van der Waals surface area contributed by atoms with Gasteiger partial charge in [0.25, 0.3) is 0 Å². The monoisotopic (exact) mass is 416 g/mol. The molecule has 3 aromatic rings. The molecule has 0 spiro atoms. The third-order valence-electron chi connectivity index (χ3n) is 5.44. The number of carbonyl (C=O) groups excluding carboxylic acids is 1. The van der Waals surface area contributed by atoms with Crippen LogP contribution in [0.15, 0.2) is 71.7 Å². The maximum absolute atomic E-state index is 12.9. The molecule has 0 aromatic heterocycles. The first-order valence-corrected chi connectivity index (χ1v) is 10.0. The van der Waals surface area contributed by atoms with Crippen molar-refractivity contribution in [2.24, 2.45) is 4.99 Å². The number of phenolic OH excluding ortho intramolecular Hbond substituents is 1. The number of aromatic hydroxyl groups is 1. The number of ether oxygens (including phenoxy) is 2. The van der Waals surface area contributed by atoms with Crippen LogP contribution < -0.4 is 14.4 Å². The van der Waals surface area contributed by atoms with Crippen molar-refractivity contribution in [3.63, 3.8) is 0 Å². The Balaban J connectivity index is 1.97. The van der Waals surface area contributed by atoms with Crippen molar-refractivity contribution in [3.05, 3.63) is 77.9 Å². The summed E-state index contributed by atoms with van der Waals surface area (Å²) in [7, 11) is 3.17. The number of hydrogen-bond acceptors (Lipinski definition) is 5. The lowest BCUT2D eigenvalue weighted by atomic mass is 9.94. The summed E-state index contributed by atoms with van der Waals surface area (Å²) >= 11 is 0. The summed E-state index contributed by atoms with van der Waals surface area (Å²) in [4.78, 5) is 19.5. The van der Waals surface area contributed by atoms with Gasteiger partial charge in [-0.25, -0.2) is 0 Å². The number of carbonyl (C=O) groups is 1. The number of rotatable bonds is 4. The predicted molar refractivity (Wildman–Crippen MR) is 121 cm³/mol. The van der Waals surface area contributed by atoms with E-state index in [1.54, 1.807) is 38.2 Å². The number of phenols is 1. The minimum Gasteiger partial charge on any atom is -0.507 e. The molecule has 1 aliphatic heterocycles. The van der Waals surface area contributed by atoms with Crippen LogP contribution in [0.25, 0.3) is 0 Å². The molecule has 0 radical (unpaired) electrons. The van der Waals surface area contributed by atoms with E-state index >= 15 is 0 Å². The van der Waals surface area contributed by atoms with Gasteiger partial charge in [0.05, 0.1) is 37.3 Å². The van der Waals surface area contributed by atoms with E-state index in [-0.39, 0.29) is 11.7 Å². The normalized spacial score (nSPS) is 15.5. The Morgan fingerprint density at radius 2 is 1.74 bits per heavy atom. The van der Waals surface area contributed by atoms with E-state index in [9.17, 15) is 9.90 Å². The first-order valence-electron chi connectivity index (χ1n) is 10.0. The minimum absolute atomic E-state index is 0.115. The number of methoxy groups -OCH3 is 2. The van der Waals surface area contributed by atoms with Crippen molar-refractivity contribution in [3.8, 4) is 17.2 Å². The van der Waals surface area contributed by atoms with Gasteiger partial charge >= 0.3 is 0 Å². The zero-order valence-corrected chi connectivity index (χ0v) is 17.7. The van der Waals surface area contributed by atoms with E-state index < -0.39 is 6.04 Å². The van der Waals surface area contributed by atoms with Gasteiger partial charge in [0.15, 0.2) is 11.5 Å². The van der Waals surface area contributed by atoms with E-state index in [1.165, 1.54) is 0 Å². The Hall–Kier alpha value is -3.80. The van der Waals surface area contributed by atoms with Crippen LogP contribution in [0.1, 0.15) is 30.5 Å². The summed E-state index contributed by atoms with van der Waals surface area (Å²) in [5.74, 6) is 1.18. The third kappa shape index (κ3) is 3.72. The van der Waals surface area contributed by atoms with Gasteiger partial charge in [0, 0.05) is 24.5 Å². The van der Waals surface area contributed by atoms with E-state index in [0.717, 1.165) is 5.56 Å². The lowest BCUT2D eigenvalue weighted by Crippen LogP contribution is -2.34. The van der Waals surface area contributed by atoms with E-state index in [0.29, 0.717) is 40.6 Å². The van der Waals surface area contributed by atoms with Gasteiger partial charge in [0.1, 0.15) is 5.75 Å².